The van der Waals surface area contributed by atoms with Crippen LogP contribution in [0.3, 0.4) is 0 Å². The van der Waals surface area contributed by atoms with E-state index in [-0.39, 0.29) is 5.56 Å². The Hall–Kier alpha value is -3.08. The summed E-state index contributed by atoms with van der Waals surface area (Å²) in [7, 11) is 4.91. The molecule has 3 rings (SSSR count). The van der Waals surface area contributed by atoms with Crippen LogP contribution < -0.4 is 15.0 Å². The van der Waals surface area contributed by atoms with Crippen LogP contribution in [0.2, 0.25) is 0 Å². The van der Waals surface area contributed by atoms with Gasteiger partial charge in [-0.25, -0.2) is 4.98 Å². The molecule has 1 aromatic heterocycles. The lowest BCUT2D eigenvalue weighted by Gasteiger charge is -2.08. The third kappa shape index (κ3) is 2.88. The molecule has 0 radical (unpaired) electrons. The maximum absolute atomic E-state index is 12.4. The fraction of sp³-hybridized carbons (Fsp3) is 0.158. The van der Waals surface area contributed by atoms with E-state index >= 15 is 0 Å². The SMILES string of the molecule is COc1ccc(/C=C/c2nc3ccccc3c(=O)n2C)cc1OC. The molecule has 1 heterocycles. The van der Waals surface area contributed by atoms with Crippen LogP contribution >= 0.6 is 0 Å². The molecule has 0 atom stereocenters. The van der Waals surface area contributed by atoms with Crippen molar-refractivity contribution in [1.29, 1.82) is 0 Å². The molecular weight excluding hydrogens is 304 g/mol. The van der Waals surface area contributed by atoms with Crippen molar-refractivity contribution in [3.63, 3.8) is 0 Å². The fourth-order valence-corrected chi connectivity index (χ4v) is 2.51. The van der Waals surface area contributed by atoms with E-state index in [0.717, 1.165) is 5.56 Å². The number of ether oxygens (including phenoxy) is 2. The zero-order valence-corrected chi connectivity index (χ0v) is 13.8. The molecule has 5 heteroatoms. The highest BCUT2D eigenvalue weighted by atomic mass is 16.5. The van der Waals surface area contributed by atoms with Gasteiger partial charge in [-0.1, -0.05) is 24.3 Å². The van der Waals surface area contributed by atoms with E-state index < -0.39 is 0 Å². The van der Waals surface area contributed by atoms with Gasteiger partial charge in [-0.05, 0) is 35.9 Å². The van der Waals surface area contributed by atoms with Crippen molar-refractivity contribution in [3.8, 4) is 11.5 Å². The molecule has 0 aliphatic carbocycles. The van der Waals surface area contributed by atoms with Crippen LogP contribution in [0.4, 0.5) is 0 Å². The predicted molar refractivity (Wildman–Crippen MR) is 95.5 cm³/mol. The van der Waals surface area contributed by atoms with Crippen molar-refractivity contribution in [2.24, 2.45) is 7.05 Å². The minimum Gasteiger partial charge on any atom is -0.493 e. The van der Waals surface area contributed by atoms with Gasteiger partial charge in [0.05, 0.1) is 25.1 Å². The van der Waals surface area contributed by atoms with E-state index in [9.17, 15) is 4.79 Å². The first-order valence-corrected chi connectivity index (χ1v) is 7.50. The van der Waals surface area contributed by atoms with Crippen LogP contribution in [0.5, 0.6) is 11.5 Å². The van der Waals surface area contributed by atoms with E-state index in [1.807, 2.05) is 48.6 Å². The molecule has 0 fully saturated rings. The van der Waals surface area contributed by atoms with Crippen molar-refractivity contribution in [1.82, 2.24) is 9.55 Å². The number of para-hydroxylation sites is 1. The Morgan fingerprint density at radius 3 is 2.50 bits per heavy atom. The van der Waals surface area contributed by atoms with Crippen molar-refractivity contribution < 1.29 is 9.47 Å². The Balaban J connectivity index is 2.02. The van der Waals surface area contributed by atoms with Crippen LogP contribution in [-0.2, 0) is 7.05 Å². The molecule has 3 aromatic rings. The molecule has 0 saturated heterocycles. The first kappa shape index (κ1) is 15.8. The normalized spacial score (nSPS) is 11.1. The molecule has 5 nitrogen and oxygen atoms in total. The first-order valence-electron chi connectivity index (χ1n) is 7.50. The van der Waals surface area contributed by atoms with Gasteiger partial charge in [0.25, 0.3) is 5.56 Å². The summed E-state index contributed by atoms with van der Waals surface area (Å²) < 4.78 is 12.1. The average molecular weight is 322 g/mol. The molecule has 24 heavy (non-hydrogen) atoms. The summed E-state index contributed by atoms with van der Waals surface area (Å²) in [6, 6.07) is 13.0. The van der Waals surface area contributed by atoms with Gasteiger partial charge in [-0.15, -0.1) is 0 Å². The standard InChI is InChI=1S/C19H18N2O3/c1-21-18(20-15-7-5-4-6-14(15)19(21)22)11-9-13-8-10-16(23-2)17(12-13)24-3/h4-12H,1-3H3/b11-9+. The van der Waals surface area contributed by atoms with E-state index in [2.05, 4.69) is 4.98 Å². The molecule has 122 valence electrons. The Labute approximate surface area is 139 Å². The highest BCUT2D eigenvalue weighted by molar-refractivity contribution is 5.79. The molecule has 0 aliphatic heterocycles. The maximum Gasteiger partial charge on any atom is 0.261 e. The molecule has 0 saturated carbocycles. The summed E-state index contributed by atoms with van der Waals surface area (Å²) >= 11 is 0. The molecule has 0 spiro atoms. The lowest BCUT2D eigenvalue weighted by Crippen LogP contribution is -2.20. The fourth-order valence-electron chi connectivity index (χ4n) is 2.51. The Kier molecular flexibility index (Phi) is 4.33. The number of methoxy groups -OCH3 is 2. The lowest BCUT2D eigenvalue weighted by atomic mass is 10.2. The van der Waals surface area contributed by atoms with E-state index in [0.29, 0.717) is 28.2 Å². The molecule has 2 aromatic carbocycles. The van der Waals surface area contributed by atoms with Gasteiger partial charge in [0.1, 0.15) is 5.82 Å². The van der Waals surface area contributed by atoms with E-state index in [1.165, 1.54) is 0 Å². The van der Waals surface area contributed by atoms with Gasteiger partial charge in [0, 0.05) is 7.05 Å². The Morgan fingerprint density at radius 2 is 1.75 bits per heavy atom. The van der Waals surface area contributed by atoms with Crippen LogP contribution in [0.15, 0.2) is 47.3 Å². The minimum atomic E-state index is -0.0624. The van der Waals surface area contributed by atoms with Gasteiger partial charge in [-0.3, -0.25) is 9.36 Å². The number of rotatable bonds is 4. The zero-order chi connectivity index (χ0) is 17.1. The first-order chi connectivity index (χ1) is 11.6. The number of nitrogens with zero attached hydrogens (tertiary/aromatic N) is 2. The minimum absolute atomic E-state index is 0.0624. The number of hydrogen-bond donors (Lipinski definition) is 0. The highest BCUT2D eigenvalue weighted by Crippen LogP contribution is 2.28. The second-order valence-electron chi connectivity index (χ2n) is 5.30. The van der Waals surface area contributed by atoms with Crippen LogP contribution in [0.25, 0.3) is 23.1 Å². The van der Waals surface area contributed by atoms with Crippen LogP contribution in [0, 0.1) is 0 Å². The summed E-state index contributed by atoms with van der Waals surface area (Å²) in [4.78, 5) is 16.9. The summed E-state index contributed by atoms with van der Waals surface area (Å²) in [5.74, 6) is 1.92. The number of aromatic nitrogens is 2. The topological polar surface area (TPSA) is 53.3 Å². The average Bonchev–Trinajstić information content (AvgIpc) is 2.63. The quantitative estimate of drug-likeness (QED) is 0.740. The maximum atomic E-state index is 12.4. The summed E-state index contributed by atoms with van der Waals surface area (Å²) in [5.41, 5.74) is 1.55. The van der Waals surface area contributed by atoms with E-state index in [4.69, 9.17) is 9.47 Å². The monoisotopic (exact) mass is 322 g/mol. The van der Waals surface area contributed by atoms with Crippen molar-refractivity contribution in [2.75, 3.05) is 14.2 Å². The number of fused-ring (bicyclic) bond motifs is 1. The lowest BCUT2D eigenvalue weighted by molar-refractivity contribution is 0.355. The predicted octanol–water partition coefficient (Wildman–Crippen LogP) is 3.12. The second-order valence-corrected chi connectivity index (χ2v) is 5.30. The van der Waals surface area contributed by atoms with Gasteiger partial charge in [0.2, 0.25) is 0 Å². The highest BCUT2D eigenvalue weighted by Gasteiger charge is 2.06. The van der Waals surface area contributed by atoms with Gasteiger partial charge >= 0.3 is 0 Å². The van der Waals surface area contributed by atoms with Crippen molar-refractivity contribution >= 4 is 23.1 Å². The summed E-state index contributed by atoms with van der Waals surface area (Å²) in [5, 5.41) is 0.614. The van der Waals surface area contributed by atoms with Crippen molar-refractivity contribution in [2.45, 2.75) is 0 Å². The number of benzene rings is 2. The second kappa shape index (κ2) is 6.58. The van der Waals surface area contributed by atoms with Gasteiger partial charge in [0.15, 0.2) is 11.5 Å². The molecule has 0 N–H and O–H groups in total. The third-order valence-corrected chi connectivity index (χ3v) is 3.85. The smallest absolute Gasteiger partial charge is 0.261 e. The third-order valence-electron chi connectivity index (χ3n) is 3.85. The zero-order valence-electron chi connectivity index (χ0n) is 13.8. The van der Waals surface area contributed by atoms with Crippen molar-refractivity contribution in [3.05, 3.63) is 64.2 Å². The van der Waals surface area contributed by atoms with Gasteiger partial charge < -0.3 is 9.47 Å². The Morgan fingerprint density at radius 1 is 1.00 bits per heavy atom. The van der Waals surface area contributed by atoms with Gasteiger partial charge in [-0.2, -0.15) is 0 Å². The largest absolute Gasteiger partial charge is 0.493 e. The molecular formula is C19H18N2O3. The summed E-state index contributed by atoms with van der Waals surface area (Å²) in [6.07, 6.45) is 3.70. The van der Waals surface area contributed by atoms with Crippen LogP contribution in [-0.4, -0.2) is 23.8 Å². The molecule has 0 bridgehead atoms. The Bertz CT molecular complexity index is 974. The molecule has 0 amide bonds. The van der Waals surface area contributed by atoms with Crippen LogP contribution in [0.1, 0.15) is 11.4 Å². The molecule has 0 unspecified atom stereocenters. The number of hydrogen-bond acceptors (Lipinski definition) is 4. The summed E-state index contributed by atoms with van der Waals surface area (Å²) in [6.45, 7) is 0. The van der Waals surface area contributed by atoms with E-state index in [1.54, 1.807) is 31.9 Å². The molecule has 0 aliphatic rings.